The second kappa shape index (κ2) is 5.00. The SMILES string of the molecule is CCOC(=O)c1cccc(N2C(=O)CCC2=O)c1. The van der Waals surface area contributed by atoms with E-state index in [1.807, 2.05) is 0 Å². The van der Waals surface area contributed by atoms with Crippen molar-refractivity contribution in [2.24, 2.45) is 0 Å². The van der Waals surface area contributed by atoms with Crippen LogP contribution in [0.3, 0.4) is 0 Å². The highest BCUT2D eigenvalue weighted by Gasteiger charge is 2.30. The van der Waals surface area contributed by atoms with Crippen LogP contribution in [0.25, 0.3) is 0 Å². The zero-order valence-corrected chi connectivity index (χ0v) is 10.0. The summed E-state index contributed by atoms with van der Waals surface area (Å²) in [4.78, 5) is 35.8. The average Bonchev–Trinajstić information content (AvgIpc) is 2.69. The highest BCUT2D eigenvalue weighted by molar-refractivity contribution is 6.20. The quantitative estimate of drug-likeness (QED) is 0.600. The molecule has 94 valence electrons. The number of carbonyl (C=O) groups excluding carboxylic acids is 3. The van der Waals surface area contributed by atoms with E-state index in [0.29, 0.717) is 11.3 Å². The summed E-state index contributed by atoms with van der Waals surface area (Å²) in [7, 11) is 0. The normalized spacial score (nSPS) is 15.1. The lowest BCUT2D eigenvalue weighted by Crippen LogP contribution is -2.28. The first-order valence-corrected chi connectivity index (χ1v) is 5.76. The van der Waals surface area contributed by atoms with Crippen molar-refractivity contribution < 1.29 is 19.1 Å². The molecule has 1 fully saturated rings. The minimum absolute atomic E-state index is 0.225. The monoisotopic (exact) mass is 247 g/mol. The summed E-state index contributed by atoms with van der Waals surface area (Å²) >= 11 is 0. The van der Waals surface area contributed by atoms with Gasteiger partial charge in [-0.2, -0.15) is 0 Å². The Hall–Kier alpha value is -2.17. The first-order chi connectivity index (χ1) is 8.63. The van der Waals surface area contributed by atoms with E-state index in [1.54, 1.807) is 25.1 Å². The molecule has 0 radical (unpaired) electrons. The predicted molar refractivity (Wildman–Crippen MR) is 64.1 cm³/mol. The molecule has 0 atom stereocenters. The molecule has 5 nitrogen and oxygen atoms in total. The highest BCUT2D eigenvalue weighted by atomic mass is 16.5. The zero-order valence-electron chi connectivity index (χ0n) is 10.0. The fraction of sp³-hybridized carbons (Fsp3) is 0.308. The molecule has 1 heterocycles. The largest absolute Gasteiger partial charge is 0.462 e. The van der Waals surface area contributed by atoms with Gasteiger partial charge in [-0.15, -0.1) is 0 Å². The molecule has 0 aromatic heterocycles. The summed E-state index contributed by atoms with van der Waals surface area (Å²) in [6.07, 6.45) is 0.449. The number of hydrogen-bond donors (Lipinski definition) is 0. The number of amides is 2. The maximum atomic E-state index is 11.6. The van der Waals surface area contributed by atoms with E-state index in [9.17, 15) is 14.4 Å². The summed E-state index contributed by atoms with van der Waals surface area (Å²) in [5.41, 5.74) is 0.759. The van der Waals surface area contributed by atoms with Crippen LogP contribution in [0.15, 0.2) is 24.3 Å². The lowest BCUT2D eigenvalue weighted by atomic mass is 10.2. The highest BCUT2D eigenvalue weighted by Crippen LogP contribution is 2.23. The summed E-state index contributed by atoms with van der Waals surface area (Å²) in [5, 5.41) is 0. The Kier molecular flexibility index (Phi) is 3.41. The minimum atomic E-state index is -0.460. The Morgan fingerprint density at radius 1 is 1.28 bits per heavy atom. The Labute approximate surface area is 104 Å². The van der Waals surface area contributed by atoms with Gasteiger partial charge >= 0.3 is 5.97 Å². The number of esters is 1. The van der Waals surface area contributed by atoms with E-state index in [-0.39, 0.29) is 31.3 Å². The van der Waals surface area contributed by atoms with Crippen molar-refractivity contribution >= 4 is 23.5 Å². The van der Waals surface area contributed by atoms with Gasteiger partial charge in [-0.1, -0.05) is 6.07 Å². The van der Waals surface area contributed by atoms with Gasteiger partial charge < -0.3 is 4.74 Å². The topological polar surface area (TPSA) is 63.7 Å². The first kappa shape index (κ1) is 12.3. The molecule has 2 rings (SSSR count). The van der Waals surface area contributed by atoms with E-state index in [1.165, 1.54) is 6.07 Å². The van der Waals surface area contributed by atoms with Crippen LogP contribution in [0.2, 0.25) is 0 Å². The Balaban J connectivity index is 2.29. The van der Waals surface area contributed by atoms with Crippen LogP contribution in [0.1, 0.15) is 30.1 Å². The van der Waals surface area contributed by atoms with Crippen molar-refractivity contribution in [2.45, 2.75) is 19.8 Å². The third kappa shape index (κ3) is 2.25. The van der Waals surface area contributed by atoms with Crippen molar-refractivity contribution in [1.82, 2.24) is 0 Å². The summed E-state index contributed by atoms with van der Waals surface area (Å²) in [6.45, 7) is 2.00. The maximum Gasteiger partial charge on any atom is 0.338 e. The molecule has 1 aliphatic heterocycles. The molecule has 1 saturated heterocycles. The first-order valence-electron chi connectivity index (χ1n) is 5.76. The number of nitrogens with zero attached hydrogens (tertiary/aromatic N) is 1. The molecule has 0 saturated carbocycles. The molecule has 5 heteroatoms. The fourth-order valence-corrected chi connectivity index (χ4v) is 1.85. The molecule has 0 unspecified atom stereocenters. The van der Waals surface area contributed by atoms with Crippen molar-refractivity contribution in [3.63, 3.8) is 0 Å². The Bertz CT molecular complexity index is 493. The molecule has 0 N–H and O–H groups in total. The van der Waals surface area contributed by atoms with Crippen molar-refractivity contribution in [2.75, 3.05) is 11.5 Å². The molecule has 0 aliphatic carbocycles. The van der Waals surface area contributed by atoms with Gasteiger partial charge in [0, 0.05) is 12.8 Å². The second-order valence-corrected chi connectivity index (χ2v) is 3.89. The number of rotatable bonds is 3. The summed E-state index contributed by atoms with van der Waals surface area (Å²) < 4.78 is 4.87. The molecule has 1 aromatic rings. The van der Waals surface area contributed by atoms with E-state index < -0.39 is 5.97 Å². The van der Waals surface area contributed by atoms with Gasteiger partial charge in [-0.05, 0) is 25.1 Å². The zero-order chi connectivity index (χ0) is 13.1. The van der Waals surface area contributed by atoms with Gasteiger partial charge in [0.15, 0.2) is 0 Å². The van der Waals surface area contributed by atoms with Gasteiger partial charge in [0.2, 0.25) is 11.8 Å². The molecular formula is C13H13NO4. The van der Waals surface area contributed by atoms with Crippen molar-refractivity contribution in [1.29, 1.82) is 0 Å². The molecule has 18 heavy (non-hydrogen) atoms. The third-order valence-corrected chi connectivity index (χ3v) is 2.67. The van der Waals surface area contributed by atoms with Crippen LogP contribution in [0, 0.1) is 0 Å². The number of imide groups is 1. The van der Waals surface area contributed by atoms with Gasteiger partial charge in [0.05, 0.1) is 17.9 Å². The van der Waals surface area contributed by atoms with Crippen molar-refractivity contribution in [3.05, 3.63) is 29.8 Å². The van der Waals surface area contributed by atoms with Crippen LogP contribution in [0.4, 0.5) is 5.69 Å². The van der Waals surface area contributed by atoms with E-state index in [2.05, 4.69) is 0 Å². The Morgan fingerprint density at radius 2 is 1.94 bits per heavy atom. The van der Waals surface area contributed by atoms with Crippen LogP contribution >= 0.6 is 0 Å². The van der Waals surface area contributed by atoms with Gasteiger partial charge in [0.1, 0.15) is 0 Å². The minimum Gasteiger partial charge on any atom is -0.462 e. The molecule has 0 bridgehead atoms. The molecule has 1 aliphatic rings. The smallest absolute Gasteiger partial charge is 0.338 e. The van der Waals surface area contributed by atoms with Gasteiger partial charge in [-0.25, -0.2) is 4.79 Å². The lowest BCUT2D eigenvalue weighted by Gasteiger charge is -2.14. The van der Waals surface area contributed by atoms with E-state index >= 15 is 0 Å². The van der Waals surface area contributed by atoms with Gasteiger partial charge in [-0.3, -0.25) is 14.5 Å². The average molecular weight is 247 g/mol. The number of benzene rings is 1. The van der Waals surface area contributed by atoms with Crippen LogP contribution < -0.4 is 4.90 Å². The van der Waals surface area contributed by atoms with Crippen molar-refractivity contribution in [3.8, 4) is 0 Å². The summed E-state index contributed by atoms with van der Waals surface area (Å²) in [6, 6.07) is 6.34. The number of carbonyl (C=O) groups is 3. The maximum absolute atomic E-state index is 11.6. The number of ether oxygens (including phenoxy) is 1. The second-order valence-electron chi connectivity index (χ2n) is 3.89. The van der Waals surface area contributed by atoms with Crippen LogP contribution in [-0.2, 0) is 14.3 Å². The lowest BCUT2D eigenvalue weighted by molar-refractivity contribution is -0.121. The third-order valence-electron chi connectivity index (χ3n) is 2.67. The molecular weight excluding hydrogens is 234 g/mol. The summed E-state index contributed by atoms with van der Waals surface area (Å²) in [5.74, 6) is -0.930. The molecule has 0 spiro atoms. The van der Waals surface area contributed by atoms with Crippen LogP contribution in [-0.4, -0.2) is 24.4 Å². The predicted octanol–water partition coefficient (Wildman–Crippen LogP) is 1.52. The number of anilines is 1. The molecule has 2 amide bonds. The van der Waals surface area contributed by atoms with E-state index in [0.717, 1.165) is 4.90 Å². The van der Waals surface area contributed by atoms with E-state index in [4.69, 9.17) is 4.74 Å². The standard InChI is InChI=1S/C13H13NO4/c1-2-18-13(17)9-4-3-5-10(8-9)14-11(15)6-7-12(14)16/h3-5,8H,2,6-7H2,1H3. The fourth-order valence-electron chi connectivity index (χ4n) is 1.85. The molecule has 1 aromatic carbocycles. The number of hydrogen-bond acceptors (Lipinski definition) is 4. The van der Waals surface area contributed by atoms with Crippen LogP contribution in [0.5, 0.6) is 0 Å². The Morgan fingerprint density at radius 3 is 2.56 bits per heavy atom. The van der Waals surface area contributed by atoms with Gasteiger partial charge in [0.25, 0.3) is 0 Å².